The second kappa shape index (κ2) is 11.9. The Labute approximate surface area is 245 Å². The summed E-state index contributed by atoms with van der Waals surface area (Å²) in [6, 6.07) is 7.56. The van der Waals surface area contributed by atoms with Crippen LogP contribution in [0.2, 0.25) is 0 Å². The van der Waals surface area contributed by atoms with Crippen LogP contribution >= 0.6 is 0 Å². The molecule has 3 aliphatic heterocycles. The highest BCUT2D eigenvalue weighted by molar-refractivity contribution is 6.09. The fourth-order valence-electron chi connectivity index (χ4n) is 6.11. The molecule has 1 unspecified atom stereocenters. The van der Waals surface area contributed by atoms with Crippen molar-refractivity contribution in [2.75, 3.05) is 37.6 Å². The Morgan fingerprint density at radius 1 is 1.14 bits per heavy atom. The standard InChI is InChI=1S/C30H39N7O5/c1-18(2)13-25(38)33-22-16-36(29(41)24-5-4-12-42-24)26-17-35(15-20-8-10-34(11-9-20)30(31)32)27(39)21-14-19(3)6-7-23(21)37(26)28(22)40/h4-7,12,14,18,20,22,26H,8-11,13,15-17H2,1-3H3,(H3,31,32)(H,33,38)/t22-,26?/m0/s1. The van der Waals surface area contributed by atoms with E-state index in [4.69, 9.17) is 15.6 Å². The number of furan rings is 1. The van der Waals surface area contributed by atoms with Crippen LogP contribution in [0.1, 0.15) is 59.6 Å². The zero-order valence-electron chi connectivity index (χ0n) is 24.3. The highest BCUT2D eigenvalue weighted by Gasteiger charge is 2.48. The summed E-state index contributed by atoms with van der Waals surface area (Å²) in [5, 5.41) is 10.6. The van der Waals surface area contributed by atoms with Crippen molar-refractivity contribution in [2.24, 2.45) is 17.6 Å². The molecule has 4 heterocycles. The number of nitrogens with one attached hydrogen (secondary N) is 2. The van der Waals surface area contributed by atoms with Crippen molar-refractivity contribution >= 4 is 35.3 Å². The van der Waals surface area contributed by atoms with Gasteiger partial charge in [-0.25, -0.2) is 0 Å². The second-order valence-corrected chi connectivity index (χ2v) is 11.9. The number of carbonyl (C=O) groups excluding carboxylic acids is 4. The predicted molar refractivity (Wildman–Crippen MR) is 156 cm³/mol. The van der Waals surface area contributed by atoms with Gasteiger partial charge in [0.1, 0.15) is 12.2 Å². The van der Waals surface area contributed by atoms with Crippen molar-refractivity contribution in [2.45, 2.75) is 52.2 Å². The molecule has 0 spiro atoms. The maximum atomic E-state index is 14.1. The van der Waals surface area contributed by atoms with E-state index in [0.29, 0.717) is 30.9 Å². The number of fused-ring (bicyclic) bond motifs is 3. The SMILES string of the molecule is Cc1ccc2c(c1)C(=O)N(CC1CCN(C(=N)N)CC1)CC1N(C(=O)c3ccco3)C[C@H](NC(=O)CC(C)C)C(=O)N21. The number of piperidine rings is 1. The van der Waals surface area contributed by atoms with Gasteiger partial charge in [0.15, 0.2) is 11.7 Å². The van der Waals surface area contributed by atoms with E-state index in [2.05, 4.69) is 5.32 Å². The van der Waals surface area contributed by atoms with Gasteiger partial charge in [-0.15, -0.1) is 0 Å². The number of amides is 4. The molecule has 0 saturated carbocycles. The number of benzene rings is 1. The summed E-state index contributed by atoms with van der Waals surface area (Å²) in [6.07, 6.45) is 2.37. The quantitative estimate of drug-likeness (QED) is 0.350. The molecule has 224 valence electrons. The maximum Gasteiger partial charge on any atom is 0.291 e. The van der Waals surface area contributed by atoms with E-state index in [0.717, 1.165) is 18.4 Å². The van der Waals surface area contributed by atoms with E-state index in [1.807, 2.05) is 31.7 Å². The first-order valence-electron chi connectivity index (χ1n) is 14.5. The highest BCUT2D eigenvalue weighted by Crippen LogP contribution is 2.35. The molecular weight excluding hydrogens is 538 g/mol. The summed E-state index contributed by atoms with van der Waals surface area (Å²) in [7, 11) is 0. The average molecular weight is 578 g/mol. The Morgan fingerprint density at radius 3 is 2.52 bits per heavy atom. The summed E-state index contributed by atoms with van der Waals surface area (Å²) >= 11 is 0. The molecule has 4 N–H and O–H groups in total. The normalized spacial score (nSPS) is 21.2. The van der Waals surface area contributed by atoms with Crippen LogP contribution in [0.3, 0.4) is 0 Å². The van der Waals surface area contributed by atoms with Gasteiger partial charge in [0, 0.05) is 26.1 Å². The third kappa shape index (κ3) is 5.83. The van der Waals surface area contributed by atoms with Crippen LogP contribution in [0.25, 0.3) is 0 Å². The number of hydrogen-bond donors (Lipinski definition) is 3. The molecule has 2 fully saturated rings. The number of carbonyl (C=O) groups is 4. The first kappa shape index (κ1) is 29.2. The Kier molecular flexibility index (Phi) is 8.24. The zero-order chi connectivity index (χ0) is 30.1. The van der Waals surface area contributed by atoms with E-state index in [9.17, 15) is 19.2 Å². The van der Waals surface area contributed by atoms with Crippen molar-refractivity contribution < 1.29 is 23.6 Å². The lowest BCUT2D eigenvalue weighted by atomic mass is 9.96. The minimum atomic E-state index is -0.988. The smallest absolute Gasteiger partial charge is 0.291 e. The van der Waals surface area contributed by atoms with Gasteiger partial charge in [0.05, 0.1) is 30.6 Å². The van der Waals surface area contributed by atoms with Crippen LogP contribution in [-0.2, 0) is 9.59 Å². The molecule has 2 saturated heterocycles. The van der Waals surface area contributed by atoms with Crippen molar-refractivity contribution in [1.29, 1.82) is 5.41 Å². The molecular formula is C30H39N7O5. The molecule has 12 heteroatoms. The Bertz CT molecular complexity index is 1370. The van der Waals surface area contributed by atoms with E-state index >= 15 is 0 Å². The molecule has 0 radical (unpaired) electrons. The molecule has 0 aliphatic carbocycles. The topological polar surface area (TPSA) is 156 Å². The van der Waals surface area contributed by atoms with E-state index in [1.54, 1.807) is 29.2 Å². The summed E-state index contributed by atoms with van der Waals surface area (Å²) in [4.78, 5) is 61.4. The van der Waals surface area contributed by atoms with Gasteiger partial charge in [-0.1, -0.05) is 25.5 Å². The Morgan fingerprint density at radius 2 is 1.88 bits per heavy atom. The Balaban J connectivity index is 1.52. The van der Waals surface area contributed by atoms with Crippen LogP contribution in [0.4, 0.5) is 5.69 Å². The summed E-state index contributed by atoms with van der Waals surface area (Å²) in [5.74, 6) is -0.870. The van der Waals surface area contributed by atoms with Crippen molar-refractivity contribution in [3.05, 3.63) is 53.5 Å². The summed E-state index contributed by atoms with van der Waals surface area (Å²) in [5.41, 5.74) is 7.34. The molecule has 2 atom stereocenters. The molecule has 3 aliphatic rings. The van der Waals surface area contributed by atoms with Crippen LogP contribution in [-0.4, -0.2) is 89.2 Å². The highest BCUT2D eigenvalue weighted by atomic mass is 16.3. The van der Waals surface area contributed by atoms with Crippen LogP contribution in [0.5, 0.6) is 0 Å². The second-order valence-electron chi connectivity index (χ2n) is 11.9. The lowest BCUT2D eigenvalue weighted by Crippen LogP contribution is -2.69. The third-order valence-corrected chi connectivity index (χ3v) is 8.24. The molecule has 42 heavy (non-hydrogen) atoms. The first-order valence-corrected chi connectivity index (χ1v) is 14.5. The minimum Gasteiger partial charge on any atom is -0.459 e. The molecule has 12 nitrogen and oxygen atoms in total. The van der Waals surface area contributed by atoms with Crippen LogP contribution < -0.4 is 16.0 Å². The first-order chi connectivity index (χ1) is 20.0. The predicted octanol–water partition coefficient (Wildman–Crippen LogP) is 2.00. The van der Waals surface area contributed by atoms with Gasteiger partial charge in [-0.2, -0.15) is 0 Å². The van der Waals surface area contributed by atoms with E-state index in [1.165, 1.54) is 16.1 Å². The zero-order valence-corrected chi connectivity index (χ0v) is 24.3. The third-order valence-electron chi connectivity index (χ3n) is 8.24. The molecule has 2 aromatic rings. The number of likely N-dealkylation sites (tertiary alicyclic amines) is 1. The number of rotatable bonds is 6. The number of aryl methyl sites for hydroxylation is 1. The Hall–Kier alpha value is -4.35. The van der Waals surface area contributed by atoms with Crippen molar-refractivity contribution in [1.82, 2.24) is 20.0 Å². The fraction of sp³-hybridized carbons (Fsp3) is 0.500. The van der Waals surface area contributed by atoms with Gasteiger partial charge in [-0.05, 0) is 55.9 Å². The van der Waals surface area contributed by atoms with Crippen molar-refractivity contribution in [3.8, 4) is 0 Å². The van der Waals surface area contributed by atoms with Crippen LogP contribution in [0.15, 0.2) is 41.0 Å². The molecule has 5 rings (SSSR count). The maximum absolute atomic E-state index is 14.1. The van der Waals surface area contributed by atoms with Gasteiger partial charge in [-0.3, -0.25) is 29.5 Å². The molecule has 4 amide bonds. The summed E-state index contributed by atoms with van der Waals surface area (Å²) < 4.78 is 5.44. The molecule has 1 aromatic heterocycles. The largest absolute Gasteiger partial charge is 0.459 e. The monoisotopic (exact) mass is 577 g/mol. The van der Waals surface area contributed by atoms with Crippen molar-refractivity contribution in [3.63, 3.8) is 0 Å². The van der Waals surface area contributed by atoms with Crippen LogP contribution in [0, 0.1) is 24.2 Å². The minimum absolute atomic E-state index is 0.0437. The van der Waals surface area contributed by atoms with E-state index in [-0.39, 0.29) is 60.8 Å². The molecule has 1 aromatic carbocycles. The lowest BCUT2D eigenvalue weighted by molar-refractivity contribution is -0.131. The van der Waals surface area contributed by atoms with Gasteiger partial charge >= 0.3 is 0 Å². The van der Waals surface area contributed by atoms with E-state index < -0.39 is 18.1 Å². The van der Waals surface area contributed by atoms with Gasteiger partial charge < -0.3 is 30.2 Å². The number of guanidine groups is 1. The number of nitrogens with two attached hydrogens (primary N) is 1. The van der Waals surface area contributed by atoms with Gasteiger partial charge in [0.25, 0.3) is 17.7 Å². The number of nitrogens with zero attached hydrogens (tertiary/aromatic N) is 4. The average Bonchev–Trinajstić information content (AvgIpc) is 3.45. The number of hydrogen-bond acceptors (Lipinski definition) is 6. The van der Waals surface area contributed by atoms with Gasteiger partial charge in [0.2, 0.25) is 5.91 Å². The lowest BCUT2D eigenvalue weighted by Gasteiger charge is -2.46. The number of anilines is 1. The fourth-order valence-corrected chi connectivity index (χ4v) is 6.11. The molecule has 0 bridgehead atoms. The summed E-state index contributed by atoms with van der Waals surface area (Å²) in [6.45, 7) is 7.48.